The molecule has 1 heteroatoms. The number of hydrogen-bond donors (Lipinski definition) is 0. The molecule has 300 valence electrons. The van der Waals surface area contributed by atoms with E-state index in [4.69, 9.17) is 0 Å². The van der Waals surface area contributed by atoms with Crippen LogP contribution in [0.1, 0.15) is 45.9 Å². The molecule has 0 amide bonds. The van der Waals surface area contributed by atoms with Crippen molar-refractivity contribution < 1.29 is 0 Å². The van der Waals surface area contributed by atoms with Gasteiger partial charge in [0.05, 0.1) is 5.41 Å². The summed E-state index contributed by atoms with van der Waals surface area (Å²) >= 11 is 0. The van der Waals surface area contributed by atoms with Gasteiger partial charge in [0.1, 0.15) is 0 Å². The smallest absolute Gasteiger partial charge is 0.0713 e. The van der Waals surface area contributed by atoms with E-state index in [2.05, 4.69) is 254 Å². The lowest BCUT2D eigenvalue weighted by Crippen LogP contribution is -2.28. The zero-order chi connectivity index (χ0) is 42.4. The van der Waals surface area contributed by atoms with Crippen LogP contribution in [-0.2, 0) is 10.8 Å². The van der Waals surface area contributed by atoms with Crippen LogP contribution < -0.4 is 4.90 Å². The molecule has 0 spiro atoms. The first-order chi connectivity index (χ1) is 31.6. The fourth-order valence-electron chi connectivity index (χ4n) is 11.8. The van der Waals surface area contributed by atoms with E-state index in [0.29, 0.717) is 0 Å². The van der Waals surface area contributed by atoms with Crippen molar-refractivity contribution in [1.82, 2.24) is 0 Å². The number of anilines is 3. The summed E-state index contributed by atoms with van der Waals surface area (Å²) in [4.78, 5) is 2.51. The van der Waals surface area contributed by atoms with Gasteiger partial charge in [0.15, 0.2) is 0 Å². The van der Waals surface area contributed by atoms with Crippen molar-refractivity contribution in [3.05, 3.63) is 282 Å². The van der Waals surface area contributed by atoms with Crippen LogP contribution >= 0.6 is 0 Å². The number of benzene rings is 11. The monoisotopic (exact) mass is 813 g/mol. The van der Waals surface area contributed by atoms with Crippen molar-refractivity contribution in [2.75, 3.05) is 4.90 Å². The van der Waals surface area contributed by atoms with Crippen LogP contribution in [0.15, 0.2) is 243 Å². The minimum Gasteiger partial charge on any atom is -0.310 e. The molecule has 0 fully saturated rings. The largest absolute Gasteiger partial charge is 0.310 e. The highest BCUT2D eigenvalue weighted by molar-refractivity contribution is 6.25. The minimum atomic E-state index is -0.475. The Bertz CT molecular complexity index is 3550. The Labute approximate surface area is 374 Å². The standard InChI is InChI=1S/C63H43N/c1-62(42-19-5-2-6-20-42)58-31-17-15-29-53(58)55-37-34-47(41-61(55)62)64(45-33-36-52-50-27-12-11-25-48(50)49-26-13-14-28-51(49)56(52)39-45)46-35-38-60-57(40-46)54-30-16-18-32-59(54)63(60,43-21-7-3-8-22-43)44-23-9-4-10-24-44/h2-41H,1H3. The third-order valence-electron chi connectivity index (χ3n) is 14.6. The van der Waals surface area contributed by atoms with Gasteiger partial charge in [0.2, 0.25) is 0 Å². The summed E-state index contributed by atoms with van der Waals surface area (Å²) in [7, 11) is 0. The van der Waals surface area contributed by atoms with Crippen LogP contribution in [0.25, 0.3) is 54.6 Å². The van der Waals surface area contributed by atoms with Crippen molar-refractivity contribution in [2.24, 2.45) is 0 Å². The Balaban J connectivity index is 1.09. The third-order valence-corrected chi connectivity index (χ3v) is 14.6. The van der Waals surface area contributed by atoms with Gasteiger partial charge in [-0.15, -0.1) is 0 Å². The van der Waals surface area contributed by atoms with Crippen LogP contribution in [0.3, 0.4) is 0 Å². The molecule has 11 aromatic rings. The van der Waals surface area contributed by atoms with Crippen LogP contribution in [0.4, 0.5) is 17.1 Å². The summed E-state index contributed by atoms with van der Waals surface area (Å²) in [5.74, 6) is 0. The Kier molecular flexibility index (Phi) is 8.02. The van der Waals surface area contributed by atoms with Crippen molar-refractivity contribution >= 4 is 49.4 Å². The molecular formula is C63H43N. The molecule has 2 aliphatic rings. The fourth-order valence-corrected chi connectivity index (χ4v) is 11.8. The molecule has 0 bridgehead atoms. The molecule has 1 unspecified atom stereocenters. The van der Waals surface area contributed by atoms with E-state index in [1.807, 2.05) is 0 Å². The molecule has 0 saturated heterocycles. The first-order valence-electron chi connectivity index (χ1n) is 22.4. The maximum atomic E-state index is 2.51. The Hall–Kier alpha value is -8.00. The van der Waals surface area contributed by atoms with E-state index >= 15 is 0 Å². The lowest BCUT2D eigenvalue weighted by atomic mass is 9.68. The predicted molar refractivity (Wildman–Crippen MR) is 268 cm³/mol. The van der Waals surface area contributed by atoms with Crippen LogP contribution in [-0.4, -0.2) is 0 Å². The highest BCUT2D eigenvalue weighted by atomic mass is 15.1. The second-order valence-corrected chi connectivity index (χ2v) is 17.7. The Morgan fingerprint density at radius 3 is 1.30 bits per heavy atom. The molecule has 1 atom stereocenters. The molecule has 0 radical (unpaired) electrons. The van der Waals surface area contributed by atoms with Crippen molar-refractivity contribution in [1.29, 1.82) is 0 Å². The highest BCUT2D eigenvalue weighted by Gasteiger charge is 2.46. The zero-order valence-electron chi connectivity index (χ0n) is 35.5. The van der Waals surface area contributed by atoms with E-state index < -0.39 is 5.41 Å². The van der Waals surface area contributed by atoms with Crippen LogP contribution in [0, 0.1) is 0 Å². The van der Waals surface area contributed by atoms with Crippen LogP contribution in [0.2, 0.25) is 0 Å². The first-order valence-corrected chi connectivity index (χ1v) is 22.4. The summed E-state index contributed by atoms with van der Waals surface area (Å²) in [5, 5.41) is 7.60. The van der Waals surface area contributed by atoms with E-state index in [1.165, 1.54) is 93.5 Å². The normalized spacial score (nSPS) is 15.5. The van der Waals surface area contributed by atoms with Crippen molar-refractivity contribution in [3.8, 4) is 22.3 Å². The number of fused-ring (bicyclic) bond motifs is 12. The maximum absolute atomic E-state index is 2.51. The number of nitrogens with zero attached hydrogens (tertiary/aromatic N) is 1. The average molecular weight is 814 g/mol. The molecule has 11 aromatic carbocycles. The van der Waals surface area contributed by atoms with Gasteiger partial charge in [-0.2, -0.15) is 0 Å². The van der Waals surface area contributed by atoms with Gasteiger partial charge in [-0.3, -0.25) is 0 Å². The lowest BCUT2D eigenvalue weighted by molar-refractivity contribution is 0.714. The molecule has 2 aliphatic carbocycles. The molecule has 0 heterocycles. The van der Waals surface area contributed by atoms with Gasteiger partial charge in [-0.25, -0.2) is 0 Å². The Morgan fingerprint density at radius 1 is 0.266 bits per heavy atom. The summed E-state index contributed by atoms with van der Waals surface area (Å²) < 4.78 is 0. The highest BCUT2D eigenvalue weighted by Crippen LogP contribution is 2.58. The average Bonchev–Trinajstić information content (AvgIpc) is 3.81. The van der Waals surface area contributed by atoms with Gasteiger partial charge < -0.3 is 4.90 Å². The van der Waals surface area contributed by atoms with Crippen molar-refractivity contribution in [3.63, 3.8) is 0 Å². The van der Waals surface area contributed by atoms with Gasteiger partial charge in [0, 0.05) is 22.5 Å². The van der Waals surface area contributed by atoms with Crippen molar-refractivity contribution in [2.45, 2.75) is 17.8 Å². The summed E-state index contributed by atoms with van der Waals surface area (Å²) in [5.41, 5.74) is 16.8. The van der Waals surface area contributed by atoms with E-state index in [-0.39, 0.29) is 5.41 Å². The second kappa shape index (κ2) is 14.0. The number of rotatable bonds is 6. The molecule has 0 aromatic heterocycles. The lowest BCUT2D eigenvalue weighted by Gasteiger charge is -2.34. The summed E-state index contributed by atoms with van der Waals surface area (Å²) in [6.45, 7) is 2.41. The molecule has 0 saturated carbocycles. The van der Waals surface area contributed by atoms with Gasteiger partial charge in [-0.1, -0.05) is 206 Å². The summed E-state index contributed by atoms with van der Waals surface area (Å²) in [6, 6.07) is 90.5. The van der Waals surface area contributed by atoms with E-state index in [1.54, 1.807) is 0 Å². The maximum Gasteiger partial charge on any atom is 0.0713 e. The summed E-state index contributed by atoms with van der Waals surface area (Å²) in [6.07, 6.45) is 0. The molecule has 0 aliphatic heterocycles. The minimum absolute atomic E-state index is 0.338. The fraction of sp³-hybridized carbons (Fsp3) is 0.0476. The topological polar surface area (TPSA) is 3.24 Å². The van der Waals surface area contributed by atoms with Gasteiger partial charge >= 0.3 is 0 Å². The van der Waals surface area contributed by atoms with Gasteiger partial charge in [0.25, 0.3) is 0 Å². The quantitative estimate of drug-likeness (QED) is 0.151. The number of hydrogen-bond acceptors (Lipinski definition) is 1. The third kappa shape index (κ3) is 5.07. The Morgan fingerprint density at radius 2 is 0.672 bits per heavy atom. The van der Waals surface area contributed by atoms with E-state index in [0.717, 1.165) is 17.1 Å². The van der Waals surface area contributed by atoms with Gasteiger partial charge in [-0.05, 0) is 137 Å². The van der Waals surface area contributed by atoms with E-state index in [9.17, 15) is 0 Å². The molecule has 0 N–H and O–H groups in total. The molecule has 13 rings (SSSR count). The molecular weight excluding hydrogens is 771 g/mol. The second-order valence-electron chi connectivity index (χ2n) is 17.7. The van der Waals surface area contributed by atoms with Crippen LogP contribution in [0.5, 0.6) is 0 Å². The SMILES string of the molecule is CC1(c2ccccc2)c2ccccc2-c2ccc(N(c3ccc4c(c3)-c3ccccc3C4(c3ccccc3)c3ccccc3)c3ccc4c5ccccc5c5ccccc5c4c3)cc21. The predicted octanol–water partition coefficient (Wildman–Crippen LogP) is 16.3. The zero-order valence-corrected chi connectivity index (χ0v) is 35.5. The molecule has 64 heavy (non-hydrogen) atoms. The molecule has 1 nitrogen and oxygen atoms in total. The first kappa shape index (κ1) is 36.6.